The van der Waals surface area contributed by atoms with Crippen LogP contribution in [0.5, 0.6) is 0 Å². The van der Waals surface area contributed by atoms with Gasteiger partial charge in [-0.2, -0.15) is 0 Å². The molecule has 4 rings (SSSR count). The molecular formula is C23H28FN5O2S. The minimum absolute atomic E-state index is 0.00104. The maximum atomic E-state index is 14.0. The second-order valence-corrected chi connectivity index (χ2v) is 9.47. The van der Waals surface area contributed by atoms with Crippen molar-refractivity contribution < 1.29 is 9.18 Å². The number of carbonyl (C=O) groups excluding carboxylic acids is 1. The van der Waals surface area contributed by atoms with Crippen molar-refractivity contribution in [2.75, 3.05) is 36.8 Å². The largest absolute Gasteiger partial charge is 0.366 e. The summed E-state index contributed by atoms with van der Waals surface area (Å²) >= 11 is 1.30. The lowest BCUT2D eigenvalue weighted by molar-refractivity contribution is -0.128. The standard InChI is InChI=1S/C23H28FN5O2S/c1-15(2)13-29-22(31)21-18(12-16(3)25-21)26-23(29)32-14-20(30)28-10-8-27(9-11-28)19-7-5-4-6-17(19)24/h4-7,12,15,25H,8-11,13-14H2,1-3H3. The molecule has 0 aliphatic carbocycles. The van der Waals surface area contributed by atoms with Crippen LogP contribution in [0, 0.1) is 18.7 Å². The Bertz CT molecular complexity index is 1180. The monoisotopic (exact) mass is 457 g/mol. The molecule has 3 heterocycles. The normalized spacial score (nSPS) is 14.5. The summed E-state index contributed by atoms with van der Waals surface area (Å²) in [7, 11) is 0. The summed E-state index contributed by atoms with van der Waals surface area (Å²) in [5, 5.41) is 0.563. The molecule has 1 aliphatic rings. The number of carbonyl (C=O) groups is 1. The minimum Gasteiger partial charge on any atom is -0.366 e. The highest BCUT2D eigenvalue weighted by molar-refractivity contribution is 7.99. The van der Waals surface area contributed by atoms with E-state index in [0.717, 1.165) is 5.69 Å². The summed E-state index contributed by atoms with van der Waals surface area (Å²) in [5.41, 5.74) is 2.48. The summed E-state index contributed by atoms with van der Waals surface area (Å²) in [4.78, 5) is 37.4. The summed E-state index contributed by atoms with van der Waals surface area (Å²) < 4.78 is 15.7. The molecule has 170 valence electrons. The fourth-order valence-electron chi connectivity index (χ4n) is 3.97. The van der Waals surface area contributed by atoms with Crippen molar-refractivity contribution in [2.24, 2.45) is 5.92 Å². The third-order valence-electron chi connectivity index (χ3n) is 5.54. The van der Waals surface area contributed by atoms with Crippen molar-refractivity contribution in [1.82, 2.24) is 19.4 Å². The third-order valence-corrected chi connectivity index (χ3v) is 6.50. The van der Waals surface area contributed by atoms with Gasteiger partial charge in [-0.1, -0.05) is 37.7 Å². The van der Waals surface area contributed by atoms with Crippen molar-refractivity contribution >= 4 is 34.4 Å². The van der Waals surface area contributed by atoms with Crippen molar-refractivity contribution in [3.05, 3.63) is 52.2 Å². The molecule has 1 fully saturated rings. The number of halogens is 1. The van der Waals surface area contributed by atoms with E-state index < -0.39 is 0 Å². The van der Waals surface area contributed by atoms with Gasteiger partial charge in [0.2, 0.25) is 5.91 Å². The van der Waals surface area contributed by atoms with Crippen molar-refractivity contribution in [2.45, 2.75) is 32.5 Å². The Labute approximate surface area is 190 Å². The second kappa shape index (κ2) is 9.36. The average molecular weight is 458 g/mol. The number of H-pyrrole nitrogens is 1. The first kappa shape index (κ1) is 22.4. The molecule has 1 saturated heterocycles. The van der Waals surface area contributed by atoms with Crippen LogP contribution in [0.3, 0.4) is 0 Å². The molecule has 1 aliphatic heterocycles. The van der Waals surface area contributed by atoms with E-state index in [9.17, 15) is 14.0 Å². The molecule has 0 unspecified atom stereocenters. The van der Waals surface area contributed by atoms with Crippen LogP contribution in [0.1, 0.15) is 19.5 Å². The number of aromatic nitrogens is 3. The predicted molar refractivity (Wildman–Crippen MR) is 126 cm³/mol. The molecule has 0 spiro atoms. The quantitative estimate of drug-likeness (QED) is 0.454. The highest BCUT2D eigenvalue weighted by Crippen LogP contribution is 2.22. The van der Waals surface area contributed by atoms with E-state index in [0.29, 0.717) is 54.6 Å². The van der Waals surface area contributed by atoms with Gasteiger partial charge in [-0.15, -0.1) is 0 Å². The predicted octanol–water partition coefficient (Wildman–Crippen LogP) is 3.27. The first-order chi connectivity index (χ1) is 15.3. The highest BCUT2D eigenvalue weighted by Gasteiger charge is 2.23. The topological polar surface area (TPSA) is 74.2 Å². The first-order valence-corrected chi connectivity index (χ1v) is 11.8. The lowest BCUT2D eigenvalue weighted by Gasteiger charge is -2.36. The maximum Gasteiger partial charge on any atom is 0.278 e. The smallest absolute Gasteiger partial charge is 0.278 e. The summed E-state index contributed by atoms with van der Waals surface area (Å²) in [6, 6.07) is 8.56. The van der Waals surface area contributed by atoms with Gasteiger partial charge in [0, 0.05) is 38.4 Å². The molecular weight excluding hydrogens is 429 g/mol. The molecule has 0 bridgehead atoms. The van der Waals surface area contributed by atoms with E-state index >= 15 is 0 Å². The number of nitrogens with one attached hydrogen (secondary N) is 1. The number of rotatable bonds is 6. The van der Waals surface area contributed by atoms with Gasteiger partial charge in [0.15, 0.2) is 5.16 Å². The van der Waals surface area contributed by atoms with Gasteiger partial charge in [0.25, 0.3) is 5.56 Å². The Kier molecular flexibility index (Phi) is 6.55. The van der Waals surface area contributed by atoms with Crippen LogP contribution in [0.15, 0.2) is 40.3 Å². The number of nitrogens with zero attached hydrogens (tertiary/aromatic N) is 4. The van der Waals surface area contributed by atoms with Crippen LogP contribution in [-0.4, -0.2) is 57.3 Å². The van der Waals surface area contributed by atoms with Crippen molar-refractivity contribution in [3.63, 3.8) is 0 Å². The molecule has 0 saturated carbocycles. The molecule has 3 aromatic rings. The zero-order valence-electron chi connectivity index (χ0n) is 18.6. The van der Waals surface area contributed by atoms with Crippen LogP contribution in [0.25, 0.3) is 11.0 Å². The number of aromatic amines is 1. The lowest BCUT2D eigenvalue weighted by Crippen LogP contribution is -2.49. The molecule has 1 amide bonds. The van der Waals surface area contributed by atoms with Crippen LogP contribution in [0.2, 0.25) is 0 Å². The molecule has 1 aromatic carbocycles. The van der Waals surface area contributed by atoms with Crippen LogP contribution >= 0.6 is 11.8 Å². The van der Waals surface area contributed by atoms with Gasteiger partial charge in [-0.05, 0) is 31.0 Å². The number of benzene rings is 1. The Morgan fingerprint density at radius 3 is 2.62 bits per heavy atom. The van der Waals surface area contributed by atoms with Gasteiger partial charge in [-0.3, -0.25) is 14.2 Å². The number of para-hydroxylation sites is 1. The van der Waals surface area contributed by atoms with E-state index in [1.165, 1.54) is 17.8 Å². The van der Waals surface area contributed by atoms with Crippen LogP contribution < -0.4 is 10.5 Å². The number of piperazine rings is 1. The lowest BCUT2D eigenvalue weighted by atomic mass is 10.2. The number of amides is 1. The Balaban J connectivity index is 1.44. The number of aryl methyl sites for hydroxylation is 1. The zero-order chi connectivity index (χ0) is 22.8. The molecule has 0 radical (unpaired) electrons. The van der Waals surface area contributed by atoms with Crippen LogP contribution in [-0.2, 0) is 11.3 Å². The zero-order valence-corrected chi connectivity index (χ0v) is 19.4. The van der Waals surface area contributed by atoms with E-state index in [1.807, 2.05) is 37.8 Å². The number of thioether (sulfide) groups is 1. The number of hydrogen-bond donors (Lipinski definition) is 1. The molecule has 32 heavy (non-hydrogen) atoms. The second-order valence-electron chi connectivity index (χ2n) is 8.52. The number of fused-ring (bicyclic) bond motifs is 1. The number of anilines is 1. The minimum atomic E-state index is -0.243. The molecule has 1 N–H and O–H groups in total. The molecule has 0 atom stereocenters. The summed E-state index contributed by atoms with van der Waals surface area (Å²) in [6.07, 6.45) is 0. The van der Waals surface area contributed by atoms with Gasteiger partial charge >= 0.3 is 0 Å². The molecule has 7 nitrogen and oxygen atoms in total. The Hall–Kier alpha value is -2.81. The highest BCUT2D eigenvalue weighted by atomic mass is 32.2. The Morgan fingerprint density at radius 2 is 1.94 bits per heavy atom. The molecule has 2 aromatic heterocycles. The fourth-order valence-corrected chi connectivity index (χ4v) is 4.88. The van der Waals surface area contributed by atoms with E-state index in [1.54, 1.807) is 21.6 Å². The van der Waals surface area contributed by atoms with Gasteiger partial charge in [0.05, 0.1) is 17.0 Å². The molecule has 9 heteroatoms. The maximum absolute atomic E-state index is 14.0. The average Bonchev–Trinajstić information content (AvgIpc) is 3.15. The van der Waals surface area contributed by atoms with Gasteiger partial charge in [-0.25, -0.2) is 9.37 Å². The van der Waals surface area contributed by atoms with Crippen molar-refractivity contribution in [3.8, 4) is 0 Å². The van der Waals surface area contributed by atoms with Crippen molar-refractivity contribution in [1.29, 1.82) is 0 Å². The number of hydrogen-bond acceptors (Lipinski definition) is 5. The third kappa shape index (κ3) is 4.67. The fraction of sp³-hybridized carbons (Fsp3) is 0.435. The van der Waals surface area contributed by atoms with Crippen LogP contribution in [0.4, 0.5) is 10.1 Å². The summed E-state index contributed by atoms with van der Waals surface area (Å²) in [6.45, 7) is 8.77. The van der Waals surface area contributed by atoms with E-state index in [4.69, 9.17) is 0 Å². The SMILES string of the molecule is Cc1cc2nc(SCC(=O)N3CCN(c4ccccc4F)CC3)n(CC(C)C)c(=O)c2[nH]1. The Morgan fingerprint density at radius 1 is 1.22 bits per heavy atom. The van der Waals surface area contributed by atoms with E-state index in [2.05, 4.69) is 9.97 Å². The van der Waals surface area contributed by atoms with Gasteiger partial charge in [0.1, 0.15) is 11.3 Å². The first-order valence-electron chi connectivity index (χ1n) is 10.8. The van der Waals surface area contributed by atoms with Gasteiger partial charge < -0.3 is 14.8 Å². The summed E-state index contributed by atoms with van der Waals surface area (Å²) in [5.74, 6) is 0.231. The van der Waals surface area contributed by atoms with E-state index in [-0.39, 0.29) is 29.0 Å².